The number of fused-ring (bicyclic) bond motifs is 2. The van der Waals surface area contributed by atoms with Crippen LogP contribution in [0.15, 0.2) is 59.0 Å². The highest BCUT2D eigenvalue weighted by Crippen LogP contribution is 2.54. The van der Waals surface area contributed by atoms with Gasteiger partial charge in [0.15, 0.2) is 5.78 Å². The van der Waals surface area contributed by atoms with Gasteiger partial charge in [-0.1, -0.05) is 30.3 Å². The molecule has 0 spiro atoms. The number of aryl methyl sites for hydroxylation is 1. The number of ketones is 1. The van der Waals surface area contributed by atoms with Crippen LogP contribution in [-0.2, 0) is 22.4 Å². The summed E-state index contributed by atoms with van der Waals surface area (Å²) < 4.78 is 26.1. The predicted octanol–water partition coefficient (Wildman–Crippen LogP) is 6.27. The molecule has 2 aliphatic rings. The smallest absolute Gasteiger partial charge is 0.321 e. The summed E-state index contributed by atoms with van der Waals surface area (Å²) in [6, 6.07) is 15.9. The summed E-state index contributed by atoms with van der Waals surface area (Å²) in [5, 5.41) is 0. The standard InChI is InChI=1S/C28H27FO4/c1-27(2,3)33-26(31)28(16-18-14-19(29)12-13-20(18)25(28)30)22-10-7-11-23-21(22)15-24(32-23)17-8-5-4-6-9-17/h4-6,8-9,12-15,22H,7,10-11,16H2,1-3H3/t22-,28-/m1/s1. The molecular formula is C28H27FO4. The molecule has 33 heavy (non-hydrogen) atoms. The van der Waals surface area contributed by atoms with Crippen LogP contribution >= 0.6 is 0 Å². The third-order valence-corrected chi connectivity index (χ3v) is 6.72. The number of Topliss-reactive ketones (excluding diaryl/α,β-unsaturated/α-hetero) is 1. The normalized spacial score (nSPS) is 22.1. The molecule has 0 bridgehead atoms. The van der Waals surface area contributed by atoms with Crippen LogP contribution in [0, 0.1) is 11.2 Å². The van der Waals surface area contributed by atoms with Gasteiger partial charge in [0, 0.05) is 23.5 Å². The van der Waals surface area contributed by atoms with Crippen LogP contribution in [0.1, 0.15) is 66.8 Å². The van der Waals surface area contributed by atoms with Crippen molar-refractivity contribution < 1.29 is 23.1 Å². The fraction of sp³-hybridized carbons (Fsp3) is 0.357. The molecule has 0 saturated heterocycles. The van der Waals surface area contributed by atoms with E-state index in [0.717, 1.165) is 35.5 Å². The van der Waals surface area contributed by atoms with Crippen LogP contribution in [0.2, 0.25) is 0 Å². The van der Waals surface area contributed by atoms with E-state index in [-0.39, 0.29) is 12.2 Å². The minimum atomic E-state index is -1.43. The number of carbonyl (C=O) groups excluding carboxylic acids is 2. The Balaban J connectivity index is 1.65. The lowest BCUT2D eigenvalue weighted by atomic mass is 9.65. The monoisotopic (exact) mass is 446 g/mol. The lowest BCUT2D eigenvalue weighted by Crippen LogP contribution is -2.47. The third kappa shape index (κ3) is 3.60. The molecule has 0 fully saturated rings. The molecular weight excluding hydrogens is 419 g/mol. The van der Waals surface area contributed by atoms with Crippen molar-refractivity contribution in [1.29, 1.82) is 0 Å². The quantitative estimate of drug-likeness (QED) is 0.351. The first-order chi connectivity index (χ1) is 15.7. The summed E-state index contributed by atoms with van der Waals surface area (Å²) in [5.41, 5.74) is 0.600. The van der Waals surface area contributed by atoms with E-state index in [1.54, 1.807) is 20.8 Å². The van der Waals surface area contributed by atoms with Crippen molar-refractivity contribution in [2.75, 3.05) is 0 Å². The van der Waals surface area contributed by atoms with Crippen molar-refractivity contribution in [1.82, 2.24) is 0 Å². The van der Waals surface area contributed by atoms with Crippen molar-refractivity contribution in [3.05, 3.63) is 82.9 Å². The fourth-order valence-electron chi connectivity index (χ4n) is 5.32. The van der Waals surface area contributed by atoms with E-state index >= 15 is 0 Å². The largest absolute Gasteiger partial charge is 0.461 e. The molecule has 0 aliphatic heterocycles. The Labute approximate surface area is 192 Å². The van der Waals surface area contributed by atoms with Crippen molar-refractivity contribution in [3.63, 3.8) is 0 Å². The van der Waals surface area contributed by atoms with Gasteiger partial charge in [0.1, 0.15) is 28.4 Å². The Morgan fingerprint density at radius 3 is 2.61 bits per heavy atom. The second kappa shape index (κ2) is 7.68. The Kier molecular flexibility index (Phi) is 5.04. The number of carbonyl (C=O) groups is 2. The van der Waals surface area contributed by atoms with Gasteiger partial charge in [0.05, 0.1) is 0 Å². The van der Waals surface area contributed by atoms with E-state index in [1.807, 2.05) is 36.4 Å². The maximum absolute atomic E-state index is 14.0. The molecule has 0 N–H and O–H groups in total. The molecule has 170 valence electrons. The van der Waals surface area contributed by atoms with Gasteiger partial charge in [0.2, 0.25) is 0 Å². The Hall–Kier alpha value is -3.21. The zero-order valence-electron chi connectivity index (χ0n) is 19.1. The summed E-state index contributed by atoms with van der Waals surface area (Å²) in [4.78, 5) is 27.7. The average molecular weight is 447 g/mol. The SMILES string of the molecule is CC(C)(C)OC(=O)[C@@]1([C@@H]2CCCc3oc(-c4ccccc4)cc32)Cc2cc(F)ccc2C1=O. The molecule has 0 unspecified atom stereocenters. The van der Waals surface area contributed by atoms with Crippen molar-refractivity contribution in [3.8, 4) is 11.3 Å². The highest BCUT2D eigenvalue weighted by atomic mass is 19.1. The summed E-state index contributed by atoms with van der Waals surface area (Å²) >= 11 is 0. The van der Waals surface area contributed by atoms with E-state index < -0.39 is 28.7 Å². The van der Waals surface area contributed by atoms with Crippen molar-refractivity contribution in [2.24, 2.45) is 5.41 Å². The van der Waals surface area contributed by atoms with E-state index in [2.05, 4.69) is 0 Å². The fourth-order valence-corrected chi connectivity index (χ4v) is 5.32. The van der Waals surface area contributed by atoms with Crippen LogP contribution in [0.25, 0.3) is 11.3 Å². The Morgan fingerprint density at radius 1 is 1.12 bits per heavy atom. The molecule has 2 aliphatic carbocycles. The van der Waals surface area contributed by atoms with Gasteiger partial charge in [-0.2, -0.15) is 0 Å². The molecule has 0 radical (unpaired) electrons. The number of hydrogen-bond acceptors (Lipinski definition) is 4. The number of esters is 1. The van der Waals surface area contributed by atoms with Crippen LogP contribution in [0.3, 0.4) is 0 Å². The lowest BCUT2D eigenvalue weighted by molar-refractivity contribution is -0.165. The summed E-state index contributed by atoms with van der Waals surface area (Å²) in [5.74, 6) is -0.117. The predicted molar refractivity (Wildman–Crippen MR) is 123 cm³/mol. The second-order valence-electron chi connectivity index (χ2n) is 10.1. The van der Waals surface area contributed by atoms with Crippen LogP contribution in [0.4, 0.5) is 4.39 Å². The molecule has 1 heterocycles. The van der Waals surface area contributed by atoms with Crippen molar-refractivity contribution >= 4 is 11.8 Å². The number of hydrogen-bond donors (Lipinski definition) is 0. The lowest BCUT2D eigenvalue weighted by Gasteiger charge is -2.37. The van der Waals surface area contributed by atoms with Crippen molar-refractivity contribution in [2.45, 2.75) is 58.0 Å². The van der Waals surface area contributed by atoms with E-state index in [4.69, 9.17) is 9.15 Å². The second-order valence-corrected chi connectivity index (χ2v) is 10.1. The number of ether oxygens (including phenoxy) is 1. The van der Waals surface area contributed by atoms with Gasteiger partial charge in [-0.05, 0) is 75.4 Å². The van der Waals surface area contributed by atoms with E-state index in [9.17, 15) is 14.0 Å². The molecule has 1 aromatic heterocycles. The van der Waals surface area contributed by atoms with E-state index in [0.29, 0.717) is 17.5 Å². The Morgan fingerprint density at radius 2 is 1.88 bits per heavy atom. The van der Waals surface area contributed by atoms with Gasteiger partial charge >= 0.3 is 5.97 Å². The molecule has 2 atom stereocenters. The third-order valence-electron chi connectivity index (χ3n) is 6.72. The highest BCUT2D eigenvalue weighted by Gasteiger charge is 2.59. The molecule has 5 heteroatoms. The molecule has 0 saturated carbocycles. The minimum absolute atomic E-state index is 0.129. The van der Waals surface area contributed by atoms with Gasteiger partial charge in [0.25, 0.3) is 0 Å². The zero-order chi connectivity index (χ0) is 23.4. The molecule has 4 nitrogen and oxygen atoms in total. The van der Waals surface area contributed by atoms with Crippen LogP contribution in [0.5, 0.6) is 0 Å². The highest BCUT2D eigenvalue weighted by molar-refractivity contribution is 6.17. The number of rotatable bonds is 3. The zero-order valence-corrected chi connectivity index (χ0v) is 19.1. The first-order valence-electron chi connectivity index (χ1n) is 11.4. The summed E-state index contributed by atoms with van der Waals surface area (Å²) in [6.07, 6.45) is 2.33. The van der Waals surface area contributed by atoms with Crippen LogP contribution in [-0.4, -0.2) is 17.4 Å². The van der Waals surface area contributed by atoms with Gasteiger partial charge in [-0.25, -0.2) is 4.39 Å². The maximum atomic E-state index is 14.0. The summed E-state index contributed by atoms with van der Waals surface area (Å²) in [7, 11) is 0. The number of halogens is 1. The average Bonchev–Trinajstić information content (AvgIpc) is 3.33. The van der Waals surface area contributed by atoms with Gasteiger partial charge < -0.3 is 9.15 Å². The molecule has 0 amide bonds. The maximum Gasteiger partial charge on any atom is 0.321 e. The topological polar surface area (TPSA) is 56.5 Å². The van der Waals surface area contributed by atoms with Gasteiger partial charge in [-0.3, -0.25) is 9.59 Å². The number of benzene rings is 2. The minimum Gasteiger partial charge on any atom is -0.461 e. The van der Waals surface area contributed by atoms with E-state index in [1.165, 1.54) is 18.2 Å². The van der Waals surface area contributed by atoms with Crippen LogP contribution < -0.4 is 0 Å². The molecule has 5 rings (SSSR count). The first-order valence-corrected chi connectivity index (χ1v) is 11.4. The first kappa shape index (κ1) is 21.6. The Bertz CT molecular complexity index is 1230. The summed E-state index contributed by atoms with van der Waals surface area (Å²) in [6.45, 7) is 5.38. The number of furan rings is 1. The molecule has 3 aromatic rings. The molecule has 2 aromatic carbocycles. The van der Waals surface area contributed by atoms with Gasteiger partial charge in [-0.15, -0.1) is 0 Å².